The molecule has 3 atom stereocenters. The Labute approximate surface area is 198 Å². The number of unbranched alkanes of at least 4 members (excludes halogenated alkanes) is 1. The van der Waals surface area contributed by atoms with Crippen LogP contribution in [0.25, 0.3) is 0 Å². The third-order valence-electron chi connectivity index (χ3n) is 6.95. The largest absolute Gasteiger partial charge is 0.395 e. The summed E-state index contributed by atoms with van der Waals surface area (Å²) in [7, 11) is -3.58. The predicted octanol–water partition coefficient (Wildman–Crippen LogP) is 3.76. The minimum absolute atomic E-state index is 0.0214. The van der Waals surface area contributed by atoms with Gasteiger partial charge in [0.05, 0.1) is 11.5 Å². The smallest absolute Gasteiger partial charge is 0.243 e. The van der Waals surface area contributed by atoms with E-state index in [0.717, 1.165) is 48.9 Å². The van der Waals surface area contributed by atoms with Crippen LogP contribution in [0.2, 0.25) is 0 Å². The average Bonchev–Trinajstić information content (AvgIpc) is 2.79. The van der Waals surface area contributed by atoms with Crippen molar-refractivity contribution in [3.05, 3.63) is 65.2 Å². The van der Waals surface area contributed by atoms with Crippen LogP contribution >= 0.6 is 0 Å². The van der Waals surface area contributed by atoms with Crippen molar-refractivity contribution in [3.8, 4) is 11.8 Å². The van der Waals surface area contributed by atoms with Crippen molar-refractivity contribution >= 4 is 10.0 Å². The maximum atomic E-state index is 13.6. The summed E-state index contributed by atoms with van der Waals surface area (Å²) in [6.07, 6.45) is 3.68. The Bertz CT molecular complexity index is 1120. The van der Waals surface area contributed by atoms with E-state index in [9.17, 15) is 13.5 Å². The molecule has 2 saturated heterocycles. The molecule has 0 amide bonds. The minimum Gasteiger partial charge on any atom is -0.395 e. The average molecular weight is 467 g/mol. The number of sulfonamides is 1. The molecular formula is C27H34N2O3S. The third-order valence-corrected chi connectivity index (χ3v) is 8.97. The van der Waals surface area contributed by atoms with Crippen LogP contribution in [0.5, 0.6) is 0 Å². The Hall–Kier alpha value is -2.17. The van der Waals surface area contributed by atoms with E-state index in [1.807, 2.05) is 31.2 Å². The minimum atomic E-state index is -3.58. The highest BCUT2D eigenvalue weighted by molar-refractivity contribution is 7.89. The number of rotatable bonds is 5. The molecule has 0 spiro atoms. The Kier molecular flexibility index (Phi) is 7.55. The first-order chi connectivity index (χ1) is 16.0. The van der Waals surface area contributed by atoms with Crippen molar-refractivity contribution in [2.24, 2.45) is 0 Å². The highest BCUT2D eigenvalue weighted by Gasteiger charge is 2.50. The Balaban J connectivity index is 1.60. The van der Waals surface area contributed by atoms with E-state index >= 15 is 0 Å². The molecule has 2 aliphatic heterocycles. The standard InChI is InChI=1S/C27H34N2O3S/c1-3-4-5-11-22-13-15-23(16-14-22)27-24-19-28(17-8-9-18-29(24)25(27)20-30)33(31,32)26-12-7-6-10-21(26)2/h6-7,10,12-16,24-25,27,30H,3-4,8-9,17-20H2,1-2H3/t24-,25-,27+/m1/s1. The summed E-state index contributed by atoms with van der Waals surface area (Å²) in [6.45, 7) is 5.91. The Morgan fingerprint density at radius 2 is 1.79 bits per heavy atom. The molecule has 6 heteroatoms. The van der Waals surface area contributed by atoms with Crippen molar-refractivity contribution in [1.82, 2.24) is 9.21 Å². The molecule has 0 aromatic heterocycles. The number of aliphatic hydroxyl groups excluding tert-OH is 1. The third kappa shape index (κ3) is 4.88. The molecule has 0 aliphatic carbocycles. The first-order valence-corrected chi connectivity index (χ1v) is 13.4. The van der Waals surface area contributed by atoms with Gasteiger partial charge < -0.3 is 5.11 Å². The lowest BCUT2D eigenvalue weighted by Crippen LogP contribution is -2.67. The predicted molar refractivity (Wildman–Crippen MR) is 132 cm³/mol. The molecule has 0 bridgehead atoms. The van der Waals surface area contributed by atoms with Gasteiger partial charge in [0.2, 0.25) is 10.0 Å². The zero-order chi connectivity index (χ0) is 23.4. The topological polar surface area (TPSA) is 60.9 Å². The Morgan fingerprint density at radius 3 is 2.48 bits per heavy atom. The highest BCUT2D eigenvalue weighted by Crippen LogP contribution is 2.42. The quantitative estimate of drug-likeness (QED) is 0.682. The van der Waals surface area contributed by atoms with Gasteiger partial charge in [-0.3, -0.25) is 4.90 Å². The number of hydrogen-bond donors (Lipinski definition) is 1. The first-order valence-electron chi connectivity index (χ1n) is 12.0. The van der Waals surface area contributed by atoms with E-state index in [1.54, 1.807) is 16.4 Å². The van der Waals surface area contributed by atoms with Gasteiger partial charge in [-0.15, -0.1) is 0 Å². The van der Waals surface area contributed by atoms with Gasteiger partial charge in [-0.25, -0.2) is 8.42 Å². The molecule has 176 valence electrons. The number of hydrogen-bond acceptors (Lipinski definition) is 4. The van der Waals surface area contributed by atoms with Crippen molar-refractivity contribution < 1.29 is 13.5 Å². The van der Waals surface area contributed by atoms with Crippen LogP contribution in [-0.2, 0) is 10.0 Å². The monoisotopic (exact) mass is 466 g/mol. The summed E-state index contributed by atoms with van der Waals surface area (Å²) >= 11 is 0. The zero-order valence-corrected chi connectivity index (χ0v) is 20.4. The van der Waals surface area contributed by atoms with E-state index in [2.05, 4.69) is 35.8 Å². The van der Waals surface area contributed by atoms with E-state index in [1.165, 1.54) is 0 Å². The lowest BCUT2D eigenvalue weighted by Gasteiger charge is -2.57. The molecule has 5 nitrogen and oxygen atoms in total. The van der Waals surface area contributed by atoms with Gasteiger partial charge in [-0.2, -0.15) is 4.31 Å². The molecule has 0 radical (unpaired) electrons. The van der Waals surface area contributed by atoms with Crippen molar-refractivity contribution in [2.45, 2.75) is 62.4 Å². The van der Waals surface area contributed by atoms with Crippen molar-refractivity contribution in [2.75, 3.05) is 26.2 Å². The molecular weight excluding hydrogens is 432 g/mol. The van der Waals surface area contributed by atoms with Gasteiger partial charge in [0.25, 0.3) is 0 Å². The van der Waals surface area contributed by atoms with Gasteiger partial charge in [0.1, 0.15) is 0 Å². The fourth-order valence-electron chi connectivity index (χ4n) is 5.19. The second-order valence-corrected chi connectivity index (χ2v) is 11.0. The number of fused-ring (bicyclic) bond motifs is 1. The van der Waals surface area contributed by atoms with E-state index < -0.39 is 10.0 Å². The Morgan fingerprint density at radius 1 is 1.06 bits per heavy atom. The molecule has 33 heavy (non-hydrogen) atoms. The van der Waals surface area contributed by atoms with Crippen LogP contribution in [0.15, 0.2) is 53.4 Å². The van der Waals surface area contributed by atoms with Crippen LogP contribution in [-0.4, -0.2) is 61.1 Å². The van der Waals surface area contributed by atoms with Gasteiger partial charge >= 0.3 is 0 Å². The van der Waals surface area contributed by atoms with Gasteiger partial charge in [0, 0.05) is 43.1 Å². The number of aryl methyl sites for hydroxylation is 1. The van der Waals surface area contributed by atoms with Crippen LogP contribution < -0.4 is 0 Å². The van der Waals surface area contributed by atoms with Crippen molar-refractivity contribution in [3.63, 3.8) is 0 Å². The SMILES string of the molecule is CCCC#Cc1ccc([C@@H]2[C@@H](CO)N3CCCCN(S(=O)(=O)c4ccccc4C)C[C@H]23)cc1. The molecule has 1 N–H and O–H groups in total. The molecule has 0 saturated carbocycles. The van der Waals surface area contributed by atoms with Gasteiger partial charge in [-0.1, -0.05) is 49.1 Å². The second-order valence-electron chi connectivity index (χ2n) is 9.09. The summed E-state index contributed by atoms with van der Waals surface area (Å²) in [5, 5.41) is 10.2. The maximum absolute atomic E-state index is 13.6. The summed E-state index contributed by atoms with van der Waals surface area (Å²) in [4.78, 5) is 2.70. The van der Waals surface area contributed by atoms with Crippen LogP contribution in [0, 0.1) is 18.8 Å². The summed E-state index contributed by atoms with van der Waals surface area (Å²) in [6, 6.07) is 15.6. The summed E-state index contributed by atoms with van der Waals surface area (Å²) in [5.74, 6) is 6.48. The zero-order valence-electron chi connectivity index (χ0n) is 19.6. The van der Waals surface area contributed by atoms with E-state index in [-0.39, 0.29) is 24.6 Å². The molecule has 2 aromatic carbocycles. The highest BCUT2D eigenvalue weighted by atomic mass is 32.2. The summed E-state index contributed by atoms with van der Waals surface area (Å²) in [5.41, 5.74) is 2.91. The van der Waals surface area contributed by atoms with Crippen LogP contribution in [0.4, 0.5) is 0 Å². The lowest BCUT2D eigenvalue weighted by atomic mass is 9.74. The normalized spacial score (nSPS) is 24.0. The molecule has 2 heterocycles. The van der Waals surface area contributed by atoms with Gasteiger partial charge in [-0.05, 0) is 62.1 Å². The molecule has 2 aromatic rings. The molecule has 4 rings (SSSR count). The first kappa shape index (κ1) is 24.0. The summed E-state index contributed by atoms with van der Waals surface area (Å²) < 4.78 is 28.8. The van der Waals surface area contributed by atoms with E-state index in [0.29, 0.717) is 18.0 Å². The molecule has 2 aliphatic rings. The number of nitrogens with zero attached hydrogens (tertiary/aromatic N) is 2. The maximum Gasteiger partial charge on any atom is 0.243 e. The lowest BCUT2D eigenvalue weighted by molar-refractivity contribution is -0.0553. The van der Waals surface area contributed by atoms with Crippen LogP contribution in [0.3, 0.4) is 0 Å². The number of benzene rings is 2. The molecule has 0 unspecified atom stereocenters. The van der Waals surface area contributed by atoms with Gasteiger partial charge in [0.15, 0.2) is 0 Å². The number of aliphatic hydroxyl groups is 1. The second kappa shape index (κ2) is 10.4. The fraction of sp³-hybridized carbons (Fsp3) is 0.481. The van der Waals surface area contributed by atoms with Crippen LogP contribution in [0.1, 0.15) is 55.2 Å². The van der Waals surface area contributed by atoms with Crippen molar-refractivity contribution in [1.29, 1.82) is 0 Å². The molecule has 2 fully saturated rings. The fourth-order valence-corrected chi connectivity index (χ4v) is 6.91. The van der Waals surface area contributed by atoms with E-state index in [4.69, 9.17) is 0 Å².